The van der Waals surface area contributed by atoms with Crippen LogP contribution in [0.5, 0.6) is 0 Å². The molecule has 34 heavy (non-hydrogen) atoms. The molecule has 4 N–H and O–H groups in total. The van der Waals surface area contributed by atoms with Gasteiger partial charge in [-0.15, -0.1) is 0 Å². The second-order valence-corrected chi connectivity index (χ2v) is 8.63. The second-order valence-electron chi connectivity index (χ2n) is 7.93. The van der Waals surface area contributed by atoms with E-state index in [1.54, 1.807) is 13.1 Å². The molecule has 3 aromatic rings. The molecule has 0 amide bonds. The third-order valence-electron chi connectivity index (χ3n) is 5.38. The van der Waals surface area contributed by atoms with Crippen molar-refractivity contribution in [2.45, 2.75) is 43.2 Å². The average molecular weight is 499 g/mol. The number of aromatic nitrogens is 4. The molecule has 0 unspecified atom stereocenters. The summed E-state index contributed by atoms with van der Waals surface area (Å²) in [6, 6.07) is 4.15. The molecule has 1 saturated carbocycles. The molecule has 12 heteroatoms. The third-order valence-corrected chi connectivity index (χ3v) is 5.90. The zero-order valence-electron chi connectivity index (χ0n) is 18.5. The van der Waals surface area contributed by atoms with E-state index in [4.69, 9.17) is 10.2 Å². The molecular formula is C22H26F4N6OS. The minimum atomic E-state index is -4.64. The molecule has 0 saturated heterocycles. The minimum absolute atomic E-state index is 0.0136. The van der Waals surface area contributed by atoms with Gasteiger partial charge in [0.25, 0.3) is 0 Å². The number of halogens is 4. The molecule has 4 rings (SSSR count). The van der Waals surface area contributed by atoms with E-state index in [0.29, 0.717) is 23.6 Å². The van der Waals surface area contributed by atoms with E-state index < -0.39 is 17.6 Å². The highest BCUT2D eigenvalue weighted by molar-refractivity contribution is 7.97. The number of aliphatic hydroxyl groups excluding tert-OH is 1. The highest BCUT2D eigenvalue weighted by Crippen LogP contribution is 2.36. The lowest BCUT2D eigenvalue weighted by atomic mass is 9.90. The zero-order valence-corrected chi connectivity index (χ0v) is 19.3. The molecule has 0 bridgehead atoms. The number of hydrogen-bond acceptors (Lipinski definition) is 7. The Hall–Kier alpha value is -2.70. The Morgan fingerprint density at radius 1 is 1.21 bits per heavy atom. The predicted octanol–water partition coefficient (Wildman–Crippen LogP) is 5.30. The van der Waals surface area contributed by atoms with Gasteiger partial charge in [0, 0.05) is 36.5 Å². The first-order chi connectivity index (χ1) is 16.2. The summed E-state index contributed by atoms with van der Waals surface area (Å²) >= 11 is 0.871. The molecule has 1 aromatic carbocycles. The van der Waals surface area contributed by atoms with Crippen LogP contribution in [0.3, 0.4) is 0 Å². The number of benzene rings is 1. The van der Waals surface area contributed by atoms with Crippen molar-refractivity contribution in [3.63, 3.8) is 0 Å². The van der Waals surface area contributed by atoms with E-state index in [1.165, 1.54) is 61.3 Å². The van der Waals surface area contributed by atoms with Crippen LogP contribution in [0.25, 0.3) is 11.3 Å². The van der Waals surface area contributed by atoms with Gasteiger partial charge in [-0.1, -0.05) is 19.3 Å². The first-order valence-corrected chi connectivity index (χ1v) is 11.6. The number of aryl methyl sites for hydroxylation is 1. The molecular weight excluding hydrogens is 472 g/mol. The van der Waals surface area contributed by atoms with Crippen LogP contribution in [0.2, 0.25) is 0 Å². The van der Waals surface area contributed by atoms with Crippen molar-refractivity contribution in [3.05, 3.63) is 48.2 Å². The SMILES string of the molecule is Cn1cc(-c2nc(Nc3ccc(SN)cc3F)ncc2C(F)(F)F)cn1.OCC1CCCCC1. The number of nitrogens with one attached hydrogen (secondary N) is 1. The van der Waals surface area contributed by atoms with Gasteiger partial charge < -0.3 is 10.4 Å². The minimum Gasteiger partial charge on any atom is -0.396 e. The van der Waals surface area contributed by atoms with Crippen LogP contribution in [0.4, 0.5) is 29.2 Å². The van der Waals surface area contributed by atoms with Gasteiger partial charge in [-0.2, -0.15) is 18.3 Å². The molecule has 7 nitrogen and oxygen atoms in total. The fourth-order valence-electron chi connectivity index (χ4n) is 3.57. The van der Waals surface area contributed by atoms with Crippen LogP contribution in [0.1, 0.15) is 37.7 Å². The van der Waals surface area contributed by atoms with E-state index in [0.717, 1.165) is 11.9 Å². The van der Waals surface area contributed by atoms with Crippen molar-refractivity contribution in [2.75, 3.05) is 11.9 Å². The summed E-state index contributed by atoms with van der Waals surface area (Å²) in [6.45, 7) is 0.417. The molecule has 1 aliphatic carbocycles. The highest BCUT2D eigenvalue weighted by atomic mass is 32.2. The Bertz CT molecular complexity index is 1090. The van der Waals surface area contributed by atoms with Gasteiger partial charge in [0.15, 0.2) is 0 Å². The Kier molecular flexibility index (Phi) is 8.86. The van der Waals surface area contributed by atoms with Crippen LogP contribution in [-0.2, 0) is 13.2 Å². The van der Waals surface area contributed by atoms with E-state index in [1.807, 2.05) is 0 Å². The molecule has 1 fully saturated rings. The Morgan fingerprint density at radius 3 is 2.47 bits per heavy atom. The quantitative estimate of drug-likeness (QED) is 0.324. The van der Waals surface area contributed by atoms with Gasteiger partial charge in [-0.25, -0.2) is 14.4 Å². The number of rotatable bonds is 5. The number of alkyl halides is 3. The maximum Gasteiger partial charge on any atom is 0.419 e. The average Bonchev–Trinajstić information content (AvgIpc) is 3.27. The van der Waals surface area contributed by atoms with E-state index in [-0.39, 0.29) is 22.9 Å². The van der Waals surface area contributed by atoms with E-state index >= 15 is 0 Å². The number of hydrogen-bond donors (Lipinski definition) is 3. The maximum atomic E-state index is 14.0. The number of nitrogens with zero attached hydrogens (tertiary/aromatic N) is 4. The monoisotopic (exact) mass is 498 g/mol. The molecule has 184 valence electrons. The van der Waals surface area contributed by atoms with Crippen LogP contribution < -0.4 is 10.5 Å². The summed E-state index contributed by atoms with van der Waals surface area (Å²) in [5.74, 6) is -0.167. The van der Waals surface area contributed by atoms with Crippen LogP contribution >= 0.6 is 11.9 Å². The van der Waals surface area contributed by atoms with Crippen LogP contribution in [0.15, 0.2) is 41.7 Å². The highest BCUT2D eigenvalue weighted by Gasteiger charge is 2.35. The van der Waals surface area contributed by atoms with Crippen molar-refractivity contribution in [1.29, 1.82) is 0 Å². The Balaban J connectivity index is 0.000000343. The number of nitrogens with two attached hydrogens (primary N) is 1. The van der Waals surface area contributed by atoms with Crippen LogP contribution in [-0.4, -0.2) is 31.5 Å². The molecule has 0 spiro atoms. The first kappa shape index (κ1) is 25.9. The smallest absolute Gasteiger partial charge is 0.396 e. The summed E-state index contributed by atoms with van der Waals surface area (Å²) in [5, 5.41) is 20.5. The summed E-state index contributed by atoms with van der Waals surface area (Å²) in [7, 11) is 1.57. The summed E-state index contributed by atoms with van der Waals surface area (Å²) < 4.78 is 55.1. The standard InChI is InChI=1S/C15H12F4N6S.C7H14O/c1-25-7-8(5-22-25)13-10(15(17,18)19)6-21-14(24-13)23-12-3-2-9(26-20)4-11(12)16;8-6-7-4-2-1-3-5-7/h2-7H,20H2,1H3,(H,21,23,24);7-8H,1-6H2. The second kappa shape index (κ2) is 11.6. The van der Waals surface area contributed by atoms with Crippen molar-refractivity contribution < 1.29 is 22.7 Å². The van der Waals surface area contributed by atoms with Gasteiger partial charge in [0.05, 0.1) is 17.6 Å². The molecule has 1 aliphatic rings. The van der Waals surface area contributed by atoms with Crippen molar-refractivity contribution in [3.8, 4) is 11.3 Å². The molecule has 2 heterocycles. The fraction of sp³-hybridized carbons (Fsp3) is 0.409. The number of anilines is 2. The first-order valence-electron chi connectivity index (χ1n) is 10.7. The summed E-state index contributed by atoms with van der Waals surface area (Å²) in [5.41, 5.74) is -1.18. The third kappa shape index (κ3) is 6.90. The van der Waals surface area contributed by atoms with E-state index in [9.17, 15) is 17.6 Å². The topological polar surface area (TPSA) is 102 Å². The molecule has 2 aromatic heterocycles. The fourth-order valence-corrected chi connectivity index (χ4v) is 3.89. The summed E-state index contributed by atoms with van der Waals surface area (Å²) in [6.07, 6.45) is 5.25. The zero-order chi connectivity index (χ0) is 24.7. The maximum absolute atomic E-state index is 14.0. The molecule has 0 atom stereocenters. The Morgan fingerprint density at radius 2 is 1.94 bits per heavy atom. The van der Waals surface area contributed by atoms with Gasteiger partial charge in [-0.3, -0.25) is 9.82 Å². The molecule has 0 radical (unpaired) electrons. The lowest BCUT2D eigenvalue weighted by molar-refractivity contribution is -0.137. The van der Waals surface area contributed by atoms with Gasteiger partial charge in [0.1, 0.15) is 11.4 Å². The lowest BCUT2D eigenvalue weighted by Crippen LogP contribution is -2.11. The largest absolute Gasteiger partial charge is 0.419 e. The Labute approximate surface area is 198 Å². The normalized spacial score (nSPS) is 14.4. The van der Waals surface area contributed by atoms with Crippen molar-refractivity contribution >= 4 is 23.6 Å². The van der Waals surface area contributed by atoms with Gasteiger partial charge in [0.2, 0.25) is 5.95 Å². The van der Waals surface area contributed by atoms with E-state index in [2.05, 4.69) is 20.4 Å². The van der Waals surface area contributed by atoms with Crippen molar-refractivity contribution in [2.24, 2.45) is 18.1 Å². The number of aliphatic hydroxyl groups is 1. The lowest BCUT2D eigenvalue weighted by Gasteiger charge is -2.18. The van der Waals surface area contributed by atoms with Gasteiger partial charge >= 0.3 is 6.18 Å². The summed E-state index contributed by atoms with van der Waals surface area (Å²) in [4.78, 5) is 8.06. The van der Waals surface area contributed by atoms with Crippen molar-refractivity contribution in [1.82, 2.24) is 19.7 Å². The predicted molar refractivity (Wildman–Crippen MR) is 123 cm³/mol. The van der Waals surface area contributed by atoms with Crippen LogP contribution in [0, 0.1) is 11.7 Å². The van der Waals surface area contributed by atoms with Gasteiger partial charge in [-0.05, 0) is 48.9 Å². The molecule has 0 aliphatic heterocycles.